The summed E-state index contributed by atoms with van der Waals surface area (Å²) in [7, 11) is 0. The van der Waals surface area contributed by atoms with E-state index in [4.69, 9.17) is 29.9 Å². The average Bonchev–Trinajstić information content (AvgIpc) is 1.55. The molecule has 630 valence electrons. The maximum absolute atomic E-state index is 5.75. The van der Waals surface area contributed by atoms with E-state index in [1.807, 2.05) is 18.2 Å². The van der Waals surface area contributed by atoms with Crippen LogP contribution in [0.25, 0.3) is 276 Å². The molecule has 0 saturated heterocycles. The number of benzene rings is 22. The molecule has 0 amide bonds. The Morgan fingerprint density at radius 2 is 0.382 bits per heavy atom. The van der Waals surface area contributed by atoms with Crippen molar-refractivity contribution in [3.8, 4) is 124 Å². The number of fused-ring (bicyclic) bond motifs is 26. The van der Waals surface area contributed by atoms with Gasteiger partial charge in [-0.1, -0.05) is 388 Å². The molecular formula is C126H76N10. The number of rotatable bonds is 13. The standard InChI is InChI=1S/C126H76N10/c1-4-29-77(30-5-1)82-35-25-40-88(72-82)123-128-124(132-126(131-123)136-115-58-23-19-51-103(115)109-70-67-106-100-48-16-20-55-112(100)133(117(106)120(109)136)90-41-26-37-84(73-90)78-31-6-2-7-32-78)89-64-66-99-105-54-28-53-92(116(105)104-52-15-14-47-97(104)111(99)76-89)87-39-24-36-83(71-87)85-38-27-42-91(74-85)134-113-56-21-17-49-101(113)107-68-69-108-102-50-18-22-57-114(102)135(119(108)118(107)134)125-129-121(80-33-8-3-9-34-80)127-122(130-125)81-61-59-79(60-62-81)86-63-65-98-95-45-11-10-43-93(95)94-44-12-13-46-96(94)110(98)75-86/h1-76H. The van der Waals surface area contributed by atoms with Crippen LogP contribution in [0.5, 0.6) is 0 Å². The maximum Gasteiger partial charge on any atom is 0.238 e. The molecule has 0 aliphatic heterocycles. The third kappa shape index (κ3) is 12.1. The first kappa shape index (κ1) is 76.5. The Labute approximate surface area is 780 Å². The highest BCUT2D eigenvalue weighted by molar-refractivity contribution is 6.31. The van der Waals surface area contributed by atoms with E-state index in [1.54, 1.807) is 0 Å². The topological polar surface area (TPSA) is 97.1 Å². The van der Waals surface area contributed by atoms with Crippen LogP contribution in [0.15, 0.2) is 461 Å². The SMILES string of the molecule is c1ccc(-c2cccc(-c3nc(-c4ccc5c(c4)c4ccccc4c4c(-c6cccc(-c7cccc(-n8c9ccccc9c9ccc%10c%11ccccc%11n(-c%11nc(-c%12ccccc%12)nc(-c%12ccc(-c%13ccc%14c%15ccccc%15c%15ccccc%15c%14c%13)cc%12)n%11)c%10c98)c7)c6)cccc54)nc(-n4c5ccccc5c5ccc6c7ccccc7n(-c7cccc(-c8ccccc8)c7)c6c54)n3)c2)cc1. The fourth-order valence-corrected chi connectivity index (χ4v) is 21.9. The van der Waals surface area contributed by atoms with E-state index in [1.165, 1.54) is 37.7 Å². The van der Waals surface area contributed by atoms with Crippen molar-refractivity contribution in [2.75, 3.05) is 0 Å². The molecule has 0 atom stereocenters. The molecule has 6 heterocycles. The molecule has 28 aromatic rings. The lowest BCUT2D eigenvalue weighted by molar-refractivity contribution is 0.953. The molecule has 0 aliphatic carbocycles. The quantitative estimate of drug-likeness (QED) is 0.107. The number of para-hydroxylation sites is 4. The molecule has 0 N–H and O–H groups in total. The van der Waals surface area contributed by atoms with Crippen LogP contribution in [0.3, 0.4) is 0 Å². The molecule has 136 heavy (non-hydrogen) atoms. The Bertz CT molecular complexity index is 9810. The number of aromatic nitrogens is 10. The first-order valence-electron chi connectivity index (χ1n) is 46.3. The largest absolute Gasteiger partial charge is 0.307 e. The van der Waals surface area contributed by atoms with Gasteiger partial charge in [0.25, 0.3) is 0 Å². The normalized spacial score (nSPS) is 12.0. The van der Waals surface area contributed by atoms with E-state index >= 15 is 0 Å². The van der Waals surface area contributed by atoms with Gasteiger partial charge in [-0.15, -0.1) is 0 Å². The van der Waals surface area contributed by atoms with Crippen molar-refractivity contribution in [1.29, 1.82) is 0 Å². The first-order chi connectivity index (χ1) is 67.4. The lowest BCUT2D eigenvalue weighted by atomic mass is 9.88. The fraction of sp³-hybridized carbons (Fsp3) is 0. The molecule has 22 aromatic carbocycles. The summed E-state index contributed by atoms with van der Waals surface area (Å²) in [6, 6.07) is 167. The molecule has 0 fully saturated rings. The van der Waals surface area contributed by atoms with Crippen molar-refractivity contribution < 1.29 is 0 Å². The van der Waals surface area contributed by atoms with Crippen LogP contribution in [0.1, 0.15) is 0 Å². The van der Waals surface area contributed by atoms with Crippen molar-refractivity contribution in [3.05, 3.63) is 461 Å². The second kappa shape index (κ2) is 30.6. The molecular weight excluding hydrogens is 1650 g/mol. The average molecular weight is 1730 g/mol. The Morgan fingerprint density at radius 3 is 0.860 bits per heavy atom. The van der Waals surface area contributed by atoms with Crippen molar-refractivity contribution in [2.24, 2.45) is 0 Å². The van der Waals surface area contributed by atoms with Crippen molar-refractivity contribution in [3.63, 3.8) is 0 Å². The zero-order valence-electron chi connectivity index (χ0n) is 73.4. The van der Waals surface area contributed by atoms with Gasteiger partial charge in [0, 0.05) is 76.7 Å². The van der Waals surface area contributed by atoms with E-state index in [0.717, 1.165) is 203 Å². The smallest absolute Gasteiger partial charge is 0.238 e. The fourth-order valence-electron chi connectivity index (χ4n) is 21.9. The van der Waals surface area contributed by atoms with Crippen LogP contribution in [-0.2, 0) is 0 Å². The van der Waals surface area contributed by atoms with E-state index in [-0.39, 0.29) is 0 Å². The lowest BCUT2D eigenvalue weighted by Gasteiger charge is -2.16. The van der Waals surface area contributed by atoms with E-state index in [9.17, 15) is 0 Å². The summed E-state index contributed by atoms with van der Waals surface area (Å²) in [6.45, 7) is 0. The molecule has 0 unspecified atom stereocenters. The van der Waals surface area contributed by atoms with E-state index in [2.05, 4.69) is 461 Å². The summed E-state index contributed by atoms with van der Waals surface area (Å²) in [5.74, 6) is 3.30. The highest BCUT2D eigenvalue weighted by Crippen LogP contribution is 2.49. The molecule has 10 nitrogen and oxygen atoms in total. The van der Waals surface area contributed by atoms with Crippen molar-refractivity contribution in [1.82, 2.24) is 48.2 Å². The monoisotopic (exact) mass is 1730 g/mol. The summed E-state index contributed by atoms with van der Waals surface area (Å²) in [6.07, 6.45) is 0. The van der Waals surface area contributed by atoms with Gasteiger partial charge in [-0.3, -0.25) is 9.13 Å². The van der Waals surface area contributed by atoms with E-state index < -0.39 is 0 Å². The third-order valence-electron chi connectivity index (χ3n) is 28.0. The number of hydrogen-bond donors (Lipinski definition) is 0. The van der Waals surface area contributed by atoms with Crippen LogP contribution in [0.2, 0.25) is 0 Å². The summed E-state index contributed by atoms with van der Waals surface area (Å²) in [5.41, 5.74) is 25.0. The highest BCUT2D eigenvalue weighted by Gasteiger charge is 2.29. The molecule has 0 bridgehead atoms. The van der Waals surface area contributed by atoms with Crippen LogP contribution < -0.4 is 0 Å². The molecule has 10 heteroatoms. The third-order valence-corrected chi connectivity index (χ3v) is 28.0. The minimum atomic E-state index is 0.512. The summed E-state index contributed by atoms with van der Waals surface area (Å²) >= 11 is 0. The zero-order chi connectivity index (χ0) is 89.2. The summed E-state index contributed by atoms with van der Waals surface area (Å²) in [5, 5.41) is 23.2. The van der Waals surface area contributed by atoms with Gasteiger partial charge in [0.2, 0.25) is 11.9 Å². The lowest BCUT2D eigenvalue weighted by Crippen LogP contribution is -2.07. The molecule has 6 aromatic heterocycles. The van der Waals surface area contributed by atoms with Gasteiger partial charge in [-0.25, -0.2) is 9.97 Å². The predicted octanol–water partition coefficient (Wildman–Crippen LogP) is 32.4. The van der Waals surface area contributed by atoms with Gasteiger partial charge in [0.15, 0.2) is 23.3 Å². The van der Waals surface area contributed by atoms with Crippen molar-refractivity contribution in [2.45, 2.75) is 0 Å². The molecule has 0 saturated carbocycles. The maximum atomic E-state index is 5.75. The van der Waals surface area contributed by atoms with Crippen LogP contribution >= 0.6 is 0 Å². The minimum absolute atomic E-state index is 0.512. The second-order valence-electron chi connectivity index (χ2n) is 35.5. The Hall–Kier alpha value is -18.4. The van der Waals surface area contributed by atoms with Crippen molar-refractivity contribution >= 4 is 152 Å². The van der Waals surface area contributed by atoms with Crippen LogP contribution in [-0.4, -0.2) is 48.2 Å². The van der Waals surface area contributed by atoms with Gasteiger partial charge in [-0.05, 0) is 193 Å². The number of hydrogen-bond acceptors (Lipinski definition) is 6. The van der Waals surface area contributed by atoms with Crippen LogP contribution in [0.4, 0.5) is 0 Å². The minimum Gasteiger partial charge on any atom is -0.307 e. The van der Waals surface area contributed by atoms with Crippen LogP contribution in [0, 0.1) is 0 Å². The summed E-state index contributed by atoms with van der Waals surface area (Å²) in [4.78, 5) is 33.5. The molecule has 28 rings (SSSR count). The summed E-state index contributed by atoms with van der Waals surface area (Å²) < 4.78 is 9.48. The predicted molar refractivity (Wildman–Crippen MR) is 565 cm³/mol. The number of nitrogens with zero attached hydrogens (tertiary/aromatic N) is 10. The first-order valence-corrected chi connectivity index (χ1v) is 46.3. The van der Waals surface area contributed by atoms with Gasteiger partial charge in [-0.2, -0.15) is 19.9 Å². The Balaban J connectivity index is 0.575. The second-order valence-corrected chi connectivity index (χ2v) is 35.5. The van der Waals surface area contributed by atoms with Gasteiger partial charge >= 0.3 is 0 Å². The van der Waals surface area contributed by atoms with Gasteiger partial charge < -0.3 is 9.13 Å². The zero-order valence-corrected chi connectivity index (χ0v) is 73.4. The van der Waals surface area contributed by atoms with E-state index in [0.29, 0.717) is 35.2 Å². The molecule has 0 radical (unpaired) electrons. The highest BCUT2D eigenvalue weighted by atomic mass is 15.2. The van der Waals surface area contributed by atoms with Gasteiger partial charge in [0.05, 0.1) is 44.1 Å². The molecule has 0 aliphatic rings. The Morgan fingerprint density at radius 1 is 0.132 bits per heavy atom. The van der Waals surface area contributed by atoms with Gasteiger partial charge in [0.1, 0.15) is 0 Å². The Kier molecular flexibility index (Phi) is 17.2. The molecule has 0 spiro atoms.